The zero-order valence-corrected chi connectivity index (χ0v) is 10.5. The van der Waals surface area contributed by atoms with Crippen LogP contribution in [0.3, 0.4) is 0 Å². The third kappa shape index (κ3) is 1.58. The van der Waals surface area contributed by atoms with Crippen LogP contribution in [0.25, 0.3) is 0 Å². The van der Waals surface area contributed by atoms with Gasteiger partial charge in [-0.3, -0.25) is 4.79 Å². The molecule has 0 aliphatic heterocycles. The molecule has 2 aromatic heterocycles. The monoisotopic (exact) mass is 252 g/mol. The molecule has 0 spiro atoms. The Labute approximate surface area is 102 Å². The molecule has 0 unspecified atom stereocenters. The van der Waals surface area contributed by atoms with Crippen molar-refractivity contribution in [2.24, 2.45) is 0 Å². The van der Waals surface area contributed by atoms with E-state index in [2.05, 4.69) is 0 Å². The van der Waals surface area contributed by atoms with Gasteiger partial charge in [-0.1, -0.05) is 19.1 Å². The van der Waals surface area contributed by atoms with Crippen LogP contribution in [0.2, 0.25) is 0 Å². The van der Waals surface area contributed by atoms with E-state index in [4.69, 9.17) is 0 Å². The Bertz CT molecular complexity index is 423. The van der Waals surface area contributed by atoms with E-state index in [1.165, 1.54) is 22.7 Å². The molecule has 0 aliphatic rings. The molecular formula is C12H12O2S2. The number of aliphatic carboxylic acids is 1. The number of thiophene rings is 2. The smallest absolute Gasteiger partial charge is 0.320 e. The minimum Gasteiger partial charge on any atom is -0.480 e. The standard InChI is InChI=1S/C12H12O2S2/c1-2-12(11(13)14,9-5-3-7-15-9)10-6-4-8-16-10/h3-8H,2H2,1H3,(H,13,14). The summed E-state index contributed by atoms with van der Waals surface area (Å²) in [4.78, 5) is 13.5. The third-order valence-corrected chi connectivity index (χ3v) is 4.84. The van der Waals surface area contributed by atoms with E-state index < -0.39 is 11.4 Å². The summed E-state index contributed by atoms with van der Waals surface area (Å²) in [6.07, 6.45) is 0.573. The molecule has 84 valence electrons. The lowest BCUT2D eigenvalue weighted by atomic mass is 9.82. The van der Waals surface area contributed by atoms with Crippen molar-refractivity contribution in [2.45, 2.75) is 18.8 Å². The Morgan fingerprint density at radius 2 is 1.75 bits per heavy atom. The molecule has 0 radical (unpaired) electrons. The molecule has 1 N–H and O–H groups in total. The first-order chi connectivity index (χ1) is 7.71. The first kappa shape index (κ1) is 11.4. The maximum atomic E-state index is 11.7. The molecule has 2 heterocycles. The minimum absolute atomic E-state index is 0.573. The molecule has 0 saturated heterocycles. The lowest BCUT2D eigenvalue weighted by Crippen LogP contribution is -2.34. The fourth-order valence-corrected chi connectivity index (χ4v) is 3.95. The number of hydrogen-bond donors (Lipinski definition) is 1. The highest BCUT2D eigenvalue weighted by Gasteiger charge is 2.42. The molecule has 2 rings (SSSR count). The first-order valence-electron chi connectivity index (χ1n) is 5.03. The number of carbonyl (C=O) groups is 1. The maximum absolute atomic E-state index is 11.7. The summed E-state index contributed by atoms with van der Waals surface area (Å²) in [7, 11) is 0. The van der Waals surface area contributed by atoms with Crippen molar-refractivity contribution >= 4 is 28.6 Å². The van der Waals surface area contributed by atoms with Crippen molar-refractivity contribution in [1.29, 1.82) is 0 Å². The molecule has 2 aromatic rings. The zero-order chi connectivity index (χ0) is 11.6. The topological polar surface area (TPSA) is 37.3 Å². The number of rotatable bonds is 4. The maximum Gasteiger partial charge on any atom is 0.320 e. The first-order valence-corrected chi connectivity index (χ1v) is 6.79. The van der Waals surface area contributed by atoms with Crippen LogP contribution in [0.4, 0.5) is 0 Å². The van der Waals surface area contributed by atoms with Crippen molar-refractivity contribution in [1.82, 2.24) is 0 Å². The summed E-state index contributed by atoms with van der Waals surface area (Å²) in [5, 5.41) is 13.4. The quantitative estimate of drug-likeness (QED) is 0.903. The summed E-state index contributed by atoms with van der Waals surface area (Å²) in [5.74, 6) is -0.764. The molecular weight excluding hydrogens is 240 g/mol. The average molecular weight is 252 g/mol. The van der Waals surface area contributed by atoms with Gasteiger partial charge in [0, 0.05) is 9.75 Å². The van der Waals surface area contributed by atoms with Gasteiger partial charge in [0.05, 0.1) is 0 Å². The fourth-order valence-electron chi connectivity index (χ4n) is 1.87. The van der Waals surface area contributed by atoms with Gasteiger partial charge >= 0.3 is 5.97 Å². The molecule has 0 atom stereocenters. The van der Waals surface area contributed by atoms with Crippen molar-refractivity contribution < 1.29 is 9.90 Å². The lowest BCUT2D eigenvalue weighted by Gasteiger charge is -2.25. The molecule has 0 amide bonds. The van der Waals surface area contributed by atoms with Crippen LogP contribution in [0.15, 0.2) is 35.0 Å². The van der Waals surface area contributed by atoms with Crippen LogP contribution in [0.1, 0.15) is 23.1 Å². The molecule has 0 saturated carbocycles. The van der Waals surface area contributed by atoms with Crippen LogP contribution in [0.5, 0.6) is 0 Å². The molecule has 2 nitrogen and oxygen atoms in total. The van der Waals surface area contributed by atoms with Crippen LogP contribution in [-0.2, 0) is 10.2 Å². The number of carboxylic acids is 1. The Hall–Kier alpha value is -1.13. The van der Waals surface area contributed by atoms with Gasteiger partial charge in [0.25, 0.3) is 0 Å². The third-order valence-electron chi connectivity index (χ3n) is 2.78. The summed E-state index contributed by atoms with van der Waals surface area (Å²) < 4.78 is 0. The van der Waals surface area contributed by atoms with Crippen LogP contribution in [-0.4, -0.2) is 11.1 Å². The molecule has 0 aliphatic carbocycles. The predicted molar refractivity (Wildman–Crippen MR) is 67.3 cm³/mol. The normalized spacial score (nSPS) is 11.6. The second-order valence-electron chi connectivity index (χ2n) is 3.52. The van der Waals surface area contributed by atoms with Gasteiger partial charge in [0.1, 0.15) is 5.41 Å². The molecule has 0 aromatic carbocycles. The van der Waals surface area contributed by atoms with E-state index in [9.17, 15) is 9.90 Å². The molecule has 4 heteroatoms. The SMILES string of the molecule is CCC(C(=O)O)(c1cccs1)c1cccs1. The fraction of sp³-hybridized carbons (Fsp3) is 0.250. The predicted octanol–water partition coefficient (Wildman–Crippen LogP) is 3.59. The van der Waals surface area contributed by atoms with E-state index in [0.29, 0.717) is 6.42 Å². The minimum atomic E-state index is -0.859. The average Bonchev–Trinajstić information content (AvgIpc) is 2.89. The highest BCUT2D eigenvalue weighted by atomic mass is 32.1. The largest absolute Gasteiger partial charge is 0.480 e. The Morgan fingerprint density at radius 3 is 2.00 bits per heavy atom. The zero-order valence-electron chi connectivity index (χ0n) is 8.84. The number of carboxylic acid groups (broad SMARTS) is 1. The number of hydrogen-bond acceptors (Lipinski definition) is 3. The van der Waals surface area contributed by atoms with E-state index in [1.54, 1.807) is 0 Å². The van der Waals surface area contributed by atoms with Crippen molar-refractivity contribution in [3.05, 3.63) is 44.8 Å². The van der Waals surface area contributed by atoms with Gasteiger partial charge in [-0.15, -0.1) is 22.7 Å². The molecule has 16 heavy (non-hydrogen) atoms. The Kier molecular flexibility index (Phi) is 3.12. The second kappa shape index (κ2) is 4.39. The summed E-state index contributed by atoms with van der Waals surface area (Å²) in [6, 6.07) is 7.62. The van der Waals surface area contributed by atoms with Crippen LogP contribution < -0.4 is 0 Å². The summed E-state index contributed by atoms with van der Waals surface area (Å²) in [5.41, 5.74) is -0.859. The van der Waals surface area contributed by atoms with Gasteiger partial charge in [-0.05, 0) is 29.3 Å². The highest BCUT2D eigenvalue weighted by molar-refractivity contribution is 7.12. The van der Waals surface area contributed by atoms with E-state index in [1.807, 2.05) is 41.9 Å². The van der Waals surface area contributed by atoms with Gasteiger partial charge in [0.2, 0.25) is 0 Å². The second-order valence-corrected chi connectivity index (χ2v) is 5.41. The van der Waals surface area contributed by atoms with Gasteiger partial charge in [0.15, 0.2) is 0 Å². The van der Waals surface area contributed by atoms with Crippen molar-refractivity contribution in [3.8, 4) is 0 Å². The van der Waals surface area contributed by atoms with Crippen molar-refractivity contribution in [3.63, 3.8) is 0 Å². The summed E-state index contributed by atoms with van der Waals surface area (Å²) in [6.45, 7) is 1.92. The van der Waals surface area contributed by atoms with Crippen LogP contribution in [0, 0.1) is 0 Å². The summed E-state index contributed by atoms with van der Waals surface area (Å²) >= 11 is 3.01. The van der Waals surface area contributed by atoms with Crippen molar-refractivity contribution in [2.75, 3.05) is 0 Å². The van der Waals surface area contributed by atoms with E-state index in [-0.39, 0.29) is 0 Å². The van der Waals surface area contributed by atoms with Gasteiger partial charge in [-0.25, -0.2) is 0 Å². The van der Waals surface area contributed by atoms with Crippen LogP contribution >= 0.6 is 22.7 Å². The molecule has 0 bridgehead atoms. The Morgan fingerprint density at radius 1 is 1.25 bits per heavy atom. The molecule has 0 fully saturated rings. The van der Waals surface area contributed by atoms with Gasteiger partial charge < -0.3 is 5.11 Å². The highest BCUT2D eigenvalue weighted by Crippen LogP contribution is 2.40. The lowest BCUT2D eigenvalue weighted by molar-refractivity contribution is -0.142. The van der Waals surface area contributed by atoms with E-state index in [0.717, 1.165) is 9.75 Å². The van der Waals surface area contributed by atoms with E-state index >= 15 is 0 Å². The van der Waals surface area contributed by atoms with Gasteiger partial charge in [-0.2, -0.15) is 0 Å². The Balaban J connectivity index is 2.61.